The number of carboxylic acids is 1. The lowest BCUT2D eigenvalue weighted by Crippen LogP contribution is -2.27. The number of hydrogen-bond donors (Lipinski definition) is 2. The van der Waals surface area contributed by atoms with Crippen molar-refractivity contribution in [2.75, 3.05) is 4.83 Å². The van der Waals surface area contributed by atoms with Gasteiger partial charge in [0, 0.05) is 0 Å². The maximum atomic E-state index is 12.1. The van der Waals surface area contributed by atoms with Crippen LogP contribution in [0.1, 0.15) is 16.1 Å². The number of nitrogens with one attached hydrogen (secondary N) is 1. The van der Waals surface area contributed by atoms with Crippen molar-refractivity contribution in [3.8, 4) is 0 Å². The molecule has 1 aromatic carbocycles. The summed E-state index contributed by atoms with van der Waals surface area (Å²) in [6.07, 6.45) is 1.20. The first-order chi connectivity index (χ1) is 8.90. The van der Waals surface area contributed by atoms with Crippen LogP contribution in [0.25, 0.3) is 0 Å². The fourth-order valence-corrected chi connectivity index (χ4v) is 2.56. The Morgan fingerprint density at radius 1 is 1.37 bits per heavy atom. The molecule has 0 aliphatic carbocycles. The van der Waals surface area contributed by atoms with Gasteiger partial charge in [-0.3, -0.25) is 0 Å². The molecule has 0 atom stereocenters. The van der Waals surface area contributed by atoms with E-state index in [2.05, 4.69) is 9.93 Å². The molecule has 0 unspecified atom stereocenters. The Bertz CT molecular complexity index is 721. The Hall–Kier alpha value is -2.35. The van der Waals surface area contributed by atoms with Crippen LogP contribution in [0.4, 0.5) is 0 Å². The third kappa shape index (κ3) is 2.74. The molecule has 0 aliphatic rings. The molecule has 0 spiro atoms. The van der Waals surface area contributed by atoms with Crippen LogP contribution >= 0.6 is 0 Å². The SMILES string of the molecule is Cc1cccc(S(=O)(=O)Nn2nccc2C(=O)O)c1. The van der Waals surface area contributed by atoms with Crippen LogP contribution in [0.15, 0.2) is 41.4 Å². The lowest BCUT2D eigenvalue weighted by Gasteiger charge is -2.09. The molecule has 1 aromatic heterocycles. The summed E-state index contributed by atoms with van der Waals surface area (Å²) in [5.41, 5.74) is 0.512. The molecule has 2 N–H and O–H groups in total. The highest BCUT2D eigenvalue weighted by Crippen LogP contribution is 2.12. The molecule has 19 heavy (non-hydrogen) atoms. The van der Waals surface area contributed by atoms with Gasteiger partial charge >= 0.3 is 5.97 Å². The number of carbonyl (C=O) groups is 1. The zero-order valence-corrected chi connectivity index (χ0v) is 10.8. The Morgan fingerprint density at radius 2 is 2.11 bits per heavy atom. The van der Waals surface area contributed by atoms with Gasteiger partial charge in [-0.25, -0.2) is 4.79 Å². The first-order valence-electron chi connectivity index (χ1n) is 5.27. The van der Waals surface area contributed by atoms with E-state index in [1.165, 1.54) is 24.4 Å². The summed E-state index contributed by atoms with van der Waals surface area (Å²) >= 11 is 0. The Morgan fingerprint density at radius 3 is 2.74 bits per heavy atom. The van der Waals surface area contributed by atoms with Gasteiger partial charge in [-0.15, -0.1) is 0 Å². The standard InChI is InChI=1S/C11H11N3O4S/c1-8-3-2-4-9(7-8)19(17,18)13-14-10(11(15)16)5-6-12-14/h2-7,13H,1H3,(H,15,16). The van der Waals surface area contributed by atoms with Crippen molar-refractivity contribution in [2.24, 2.45) is 0 Å². The fourth-order valence-electron chi connectivity index (χ4n) is 1.49. The minimum atomic E-state index is -3.87. The number of aromatic nitrogens is 2. The van der Waals surface area contributed by atoms with E-state index in [0.29, 0.717) is 4.79 Å². The molecule has 0 aliphatic heterocycles. The first-order valence-corrected chi connectivity index (χ1v) is 6.75. The summed E-state index contributed by atoms with van der Waals surface area (Å²) in [6, 6.07) is 7.45. The third-order valence-electron chi connectivity index (χ3n) is 2.37. The van der Waals surface area contributed by atoms with Gasteiger partial charge in [0.25, 0.3) is 10.0 Å². The van der Waals surface area contributed by atoms with Crippen LogP contribution in [0.3, 0.4) is 0 Å². The van der Waals surface area contributed by atoms with Gasteiger partial charge in [0.1, 0.15) is 0 Å². The minimum absolute atomic E-state index is 0.0411. The summed E-state index contributed by atoms with van der Waals surface area (Å²) in [5, 5.41) is 12.5. The number of carboxylic acid groups (broad SMARTS) is 1. The maximum Gasteiger partial charge on any atom is 0.356 e. The average molecular weight is 281 g/mol. The van der Waals surface area contributed by atoms with Crippen LogP contribution in [0.2, 0.25) is 0 Å². The highest BCUT2D eigenvalue weighted by molar-refractivity contribution is 7.92. The van der Waals surface area contributed by atoms with Crippen molar-refractivity contribution < 1.29 is 18.3 Å². The molecule has 8 heteroatoms. The van der Waals surface area contributed by atoms with Crippen molar-refractivity contribution in [1.29, 1.82) is 0 Å². The number of aromatic carboxylic acids is 1. The van der Waals surface area contributed by atoms with E-state index in [1.807, 2.05) is 0 Å². The quantitative estimate of drug-likeness (QED) is 0.864. The fraction of sp³-hybridized carbons (Fsp3) is 0.0909. The molecule has 100 valence electrons. The second kappa shape index (κ2) is 4.73. The van der Waals surface area contributed by atoms with Gasteiger partial charge in [0.05, 0.1) is 11.1 Å². The molecule has 7 nitrogen and oxygen atoms in total. The van der Waals surface area contributed by atoms with Gasteiger partial charge in [-0.2, -0.15) is 23.1 Å². The number of aryl methyl sites for hydroxylation is 1. The molecule has 0 amide bonds. The molecule has 0 fully saturated rings. The second-order valence-electron chi connectivity index (χ2n) is 3.84. The second-order valence-corrected chi connectivity index (χ2v) is 5.51. The molecule has 2 rings (SSSR count). The van der Waals surface area contributed by atoms with E-state index in [4.69, 9.17) is 5.11 Å². The van der Waals surface area contributed by atoms with Crippen LogP contribution in [0.5, 0.6) is 0 Å². The van der Waals surface area contributed by atoms with Gasteiger partial charge in [-0.05, 0) is 30.7 Å². The minimum Gasteiger partial charge on any atom is -0.476 e. The van der Waals surface area contributed by atoms with Crippen molar-refractivity contribution in [3.05, 3.63) is 47.8 Å². The van der Waals surface area contributed by atoms with Crippen molar-refractivity contribution >= 4 is 16.0 Å². The van der Waals surface area contributed by atoms with E-state index in [1.54, 1.807) is 19.1 Å². The maximum absolute atomic E-state index is 12.1. The van der Waals surface area contributed by atoms with Crippen LogP contribution in [-0.4, -0.2) is 29.4 Å². The molecule has 0 saturated heterocycles. The van der Waals surface area contributed by atoms with E-state index >= 15 is 0 Å². The van der Waals surface area contributed by atoms with Crippen molar-refractivity contribution in [3.63, 3.8) is 0 Å². The number of sulfonamides is 1. The molecular formula is C11H11N3O4S. The highest BCUT2D eigenvalue weighted by atomic mass is 32.2. The Labute approximate surface area is 109 Å². The van der Waals surface area contributed by atoms with Crippen LogP contribution < -0.4 is 4.83 Å². The van der Waals surface area contributed by atoms with Gasteiger partial charge in [0.15, 0.2) is 5.69 Å². The van der Waals surface area contributed by atoms with Crippen LogP contribution in [-0.2, 0) is 10.0 Å². The van der Waals surface area contributed by atoms with Gasteiger partial charge < -0.3 is 5.11 Å². The number of hydrogen-bond acceptors (Lipinski definition) is 4. The highest BCUT2D eigenvalue weighted by Gasteiger charge is 2.18. The topological polar surface area (TPSA) is 101 Å². The number of nitrogens with zero attached hydrogens (tertiary/aromatic N) is 2. The zero-order chi connectivity index (χ0) is 14.0. The van der Waals surface area contributed by atoms with E-state index in [0.717, 1.165) is 5.56 Å². The summed E-state index contributed by atoms with van der Waals surface area (Å²) in [6.45, 7) is 1.76. The average Bonchev–Trinajstić information content (AvgIpc) is 2.76. The number of benzene rings is 1. The molecule has 0 radical (unpaired) electrons. The molecular weight excluding hydrogens is 270 g/mol. The van der Waals surface area contributed by atoms with Gasteiger partial charge in [0.2, 0.25) is 0 Å². The Kier molecular flexibility index (Phi) is 3.26. The van der Waals surface area contributed by atoms with Gasteiger partial charge in [-0.1, -0.05) is 12.1 Å². The molecule has 0 saturated carbocycles. The molecule has 1 heterocycles. The summed E-state index contributed by atoms with van der Waals surface area (Å²) in [4.78, 5) is 13.7. The summed E-state index contributed by atoms with van der Waals surface area (Å²) < 4.78 is 24.1. The van der Waals surface area contributed by atoms with E-state index < -0.39 is 16.0 Å². The van der Waals surface area contributed by atoms with E-state index in [9.17, 15) is 13.2 Å². The number of rotatable bonds is 4. The van der Waals surface area contributed by atoms with E-state index in [-0.39, 0.29) is 10.6 Å². The monoisotopic (exact) mass is 281 g/mol. The smallest absolute Gasteiger partial charge is 0.356 e. The lowest BCUT2D eigenvalue weighted by atomic mass is 10.2. The summed E-state index contributed by atoms with van der Waals surface area (Å²) in [5.74, 6) is -1.27. The van der Waals surface area contributed by atoms with Crippen LogP contribution in [0, 0.1) is 6.92 Å². The largest absolute Gasteiger partial charge is 0.476 e. The van der Waals surface area contributed by atoms with Crippen molar-refractivity contribution in [1.82, 2.24) is 9.89 Å². The normalized spacial score (nSPS) is 11.2. The predicted molar refractivity (Wildman–Crippen MR) is 66.9 cm³/mol. The zero-order valence-electron chi connectivity index (χ0n) is 9.94. The molecule has 0 bridgehead atoms. The predicted octanol–water partition coefficient (Wildman–Crippen LogP) is 0.822. The summed E-state index contributed by atoms with van der Waals surface area (Å²) in [7, 11) is -3.87. The Balaban J connectivity index is 2.37. The first kappa shape index (κ1) is 13.1. The molecule has 2 aromatic rings. The third-order valence-corrected chi connectivity index (χ3v) is 3.66. The lowest BCUT2D eigenvalue weighted by molar-refractivity contribution is 0.0686. The van der Waals surface area contributed by atoms with Crippen molar-refractivity contribution in [2.45, 2.75) is 11.8 Å².